The fraction of sp³-hybridized carbons (Fsp3) is 0.391. The van der Waals surface area contributed by atoms with E-state index < -0.39 is 0 Å². The predicted octanol–water partition coefficient (Wildman–Crippen LogP) is 5.85. The van der Waals surface area contributed by atoms with Gasteiger partial charge in [-0.2, -0.15) is 5.10 Å². The van der Waals surface area contributed by atoms with E-state index in [2.05, 4.69) is 17.5 Å². The molecule has 0 aromatic heterocycles. The summed E-state index contributed by atoms with van der Waals surface area (Å²) >= 11 is 12.1. The number of ether oxygens (including phenoxy) is 1. The number of nitrogens with zero attached hydrogens (tertiary/aromatic N) is 1. The summed E-state index contributed by atoms with van der Waals surface area (Å²) in [6.07, 6.45) is 6.43. The van der Waals surface area contributed by atoms with Crippen molar-refractivity contribution in [3.8, 4) is 5.75 Å². The highest BCUT2D eigenvalue weighted by Crippen LogP contribution is 2.66. The van der Waals surface area contributed by atoms with Crippen molar-refractivity contribution in [2.45, 2.75) is 39.2 Å². The van der Waals surface area contributed by atoms with Crippen molar-refractivity contribution in [3.63, 3.8) is 0 Å². The van der Waals surface area contributed by atoms with Gasteiger partial charge in [0.25, 0.3) is 0 Å². The van der Waals surface area contributed by atoms with Gasteiger partial charge in [0.15, 0.2) is 0 Å². The van der Waals surface area contributed by atoms with Gasteiger partial charge in [-0.05, 0) is 54.0 Å². The maximum Gasteiger partial charge on any atom is 0.244 e. The molecule has 2 aliphatic carbocycles. The Labute approximate surface area is 181 Å². The third-order valence-electron chi connectivity index (χ3n) is 6.27. The van der Waals surface area contributed by atoms with Gasteiger partial charge in [0.2, 0.25) is 5.91 Å². The number of halogens is 2. The second kappa shape index (κ2) is 8.37. The van der Waals surface area contributed by atoms with Crippen LogP contribution < -0.4 is 10.2 Å². The summed E-state index contributed by atoms with van der Waals surface area (Å²) in [6.45, 7) is 2.58. The van der Waals surface area contributed by atoms with Gasteiger partial charge in [-0.25, -0.2) is 5.43 Å². The number of hydrogen-bond acceptors (Lipinski definition) is 3. The van der Waals surface area contributed by atoms with E-state index in [-0.39, 0.29) is 17.2 Å². The van der Waals surface area contributed by atoms with Crippen molar-refractivity contribution < 1.29 is 9.53 Å². The molecule has 2 aromatic carbocycles. The fourth-order valence-corrected chi connectivity index (χ4v) is 5.04. The van der Waals surface area contributed by atoms with E-state index in [1.165, 1.54) is 12.8 Å². The molecule has 0 aliphatic heterocycles. The molecule has 0 spiro atoms. The molecule has 0 radical (unpaired) electrons. The first kappa shape index (κ1) is 20.2. The summed E-state index contributed by atoms with van der Waals surface area (Å²) in [4.78, 5) is 12.5. The standard InChI is InChI=1S/C23H24Cl2N2O2/c1-23-10-3-2-7-19(23)21(23)22(28)27-26-13-15-5-4-6-18(11-15)29-14-16-8-9-17(24)12-20(16)25/h4-6,8-9,11-13,19,21H,2-3,7,10,14H2,1H3,(H,27,28)/b26-13-/t19-,21+,23-/m0/s1. The SMILES string of the molecule is C[C@]12CCCC[C@H]1[C@@H]2C(=O)N/N=C\c1cccc(OCc2ccc(Cl)cc2Cl)c1. The van der Waals surface area contributed by atoms with Crippen LogP contribution in [0.15, 0.2) is 47.6 Å². The number of carbonyl (C=O) groups is 1. The van der Waals surface area contributed by atoms with Gasteiger partial charge in [-0.1, -0.05) is 61.2 Å². The van der Waals surface area contributed by atoms with E-state index in [1.54, 1.807) is 18.3 Å². The van der Waals surface area contributed by atoms with Crippen LogP contribution in [-0.4, -0.2) is 12.1 Å². The Hall–Kier alpha value is -2.04. The summed E-state index contributed by atoms with van der Waals surface area (Å²) in [5.74, 6) is 1.39. The second-order valence-electron chi connectivity index (χ2n) is 8.17. The van der Waals surface area contributed by atoms with E-state index in [9.17, 15) is 4.79 Å². The van der Waals surface area contributed by atoms with Gasteiger partial charge in [0, 0.05) is 21.5 Å². The van der Waals surface area contributed by atoms with Crippen molar-refractivity contribution in [1.29, 1.82) is 0 Å². The van der Waals surface area contributed by atoms with Crippen LogP contribution in [-0.2, 0) is 11.4 Å². The van der Waals surface area contributed by atoms with Gasteiger partial charge in [-0.3, -0.25) is 4.79 Å². The highest BCUT2D eigenvalue weighted by atomic mass is 35.5. The minimum Gasteiger partial charge on any atom is -0.489 e. The number of hydrazone groups is 1. The number of rotatable bonds is 6. The van der Waals surface area contributed by atoms with E-state index in [1.807, 2.05) is 30.3 Å². The molecule has 3 atom stereocenters. The molecule has 2 aliphatic rings. The number of nitrogens with one attached hydrogen (secondary N) is 1. The molecule has 1 amide bonds. The number of fused-ring (bicyclic) bond motifs is 1. The van der Waals surface area contributed by atoms with Crippen LogP contribution >= 0.6 is 23.2 Å². The lowest BCUT2D eigenvalue weighted by Crippen LogP contribution is -2.22. The number of benzene rings is 2. The first-order valence-electron chi connectivity index (χ1n) is 9.97. The van der Waals surface area contributed by atoms with Crippen molar-refractivity contribution in [2.24, 2.45) is 22.4 Å². The Bertz CT molecular complexity index is 946. The van der Waals surface area contributed by atoms with Crippen molar-refractivity contribution in [3.05, 3.63) is 63.6 Å². The molecule has 1 N–H and O–H groups in total. The number of hydrogen-bond donors (Lipinski definition) is 1. The third kappa shape index (κ3) is 4.44. The molecule has 2 fully saturated rings. The van der Waals surface area contributed by atoms with Crippen LogP contribution in [0.2, 0.25) is 10.0 Å². The molecule has 0 saturated heterocycles. The Morgan fingerprint density at radius 1 is 1.28 bits per heavy atom. The van der Waals surface area contributed by atoms with Gasteiger partial charge in [0.1, 0.15) is 12.4 Å². The average Bonchev–Trinajstić information content (AvgIpc) is 3.33. The maximum absolute atomic E-state index is 12.5. The van der Waals surface area contributed by atoms with E-state index in [0.29, 0.717) is 28.3 Å². The minimum absolute atomic E-state index is 0.0421. The van der Waals surface area contributed by atoms with Gasteiger partial charge < -0.3 is 4.74 Å². The summed E-state index contributed by atoms with van der Waals surface area (Å²) in [7, 11) is 0. The summed E-state index contributed by atoms with van der Waals surface area (Å²) in [6, 6.07) is 12.9. The maximum atomic E-state index is 12.5. The fourth-order valence-electron chi connectivity index (χ4n) is 4.57. The zero-order valence-corrected chi connectivity index (χ0v) is 17.8. The minimum atomic E-state index is 0.0421. The largest absolute Gasteiger partial charge is 0.489 e. The average molecular weight is 431 g/mol. The molecule has 0 unspecified atom stereocenters. The van der Waals surface area contributed by atoms with Gasteiger partial charge >= 0.3 is 0 Å². The van der Waals surface area contributed by atoms with E-state index in [0.717, 1.165) is 24.0 Å². The van der Waals surface area contributed by atoms with Crippen LogP contribution in [0.1, 0.15) is 43.7 Å². The molecule has 0 heterocycles. The van der Waals surface area contributed by atoms with Gasteiger partial charge in [-0.15, -0.1) is 0 Å². The van der Waals surface area contributed by atoms with Gasteiger partial charge in [0.05, 0.1) is 6.21 Å². The smallest absolute Gasteiger partial charge is 0.244 e. The summed E-state index contributed by atoms with van der Waals surface area (Å²) in [5, 5.41) is 5.33. The van der Waals surface area contributed by atoms with E-state index in [4.69, 9.17) is 27.9 Å². The topological polar surface area (TPSA) is 50.7 Å². The molecular weight excluding hydrogens is 407 g/mol. The quantitative estimate of drug-likeness (QED) is 0.461. The lowest BCUT2D eigenvalue weighted by molar-refractivity contribution is -0.123. The van der Waals surface area contributed by atoms with Crippen molar-refractivity contribution in [1.82, 2.24) is 5.43 Å². The Morgan fingerprint density at radius 2 is 2.14 bits per heavy atom. The first-order valence-corrected chi connectivity index (χ1v) is 10.7. The van der Waals surface area contributed by atoms with Crippen molar-refractivity contribution in [2.75, 3.05) is 0 Å². The Kier molecular flexibility index (Phi) is 5.84. The lowest BCUT2D eigenvalue weighted by Gasteiger charge is -2.15. The lowest BCUT2D eigenvalue weighted by atomic mass is 9.90. The molecule has 4 rings (SSSR count). The molecule has 2 aromatic rings. The van der Waals surface area contributed by atoms with Crippen LogP contribution in [0.25, 0.3) is 0 Å². The van der Waals surface area contributed by atoms with Crippen LogP contribution in [0, 0.1) is 17.3 Å². The predicted molar refractivity (Wildman–Crippen MR) is 117 cm³/mol. The monoisotopic (exact) mass is 430 g/mol. The zero-order valence-electron chi connectivity index (χ0n) is 16.3. The summed E-state index contributed by atoms with van der Waals surface area (Å²) in [5.41, 5.74) is 4.63. The van der Waals surface area contributed by atoms with E-state index >= 15 is 0 Å². The molecule has 2 saturated carbocycles. The molecule has 0 bridgehead atoms. The Morgan fingerprint density at radius 3 is 2.90 bits per heavy atom. The highest BCUT2D eigenvalue weighted by molar-refractivity contribution is 6.35. The normalized spacial score (nSPS) is 25.5. The van der Waals surface area contributed by atoms with Crippen molar-refractivity contribution >= 4 is 35.3 Å². The first-order chi connectivity index (χ1) is 14.0. The van der Waals surface area contributed by atoms with Crippen LogP contribution in [0.5, 0.6) is 5.75 Å². The molecule has 29 heavy (non-hydrogen) atoms. The molecule has 6 heteroatoms. The zero-order chi connectivity index (χ0) is 20.4. The Balaban J connectivity index is 1.32. The third-order valence-corrected chi connectivity index (χ3v) is 6.86. The van der Waals surface area contributed by atoms with Crippen LogP contribution in [0.3, 0.4) is 0 Å². The second-order valence-corrected chi connectivity index (χ2v) is 9.01. The molecule has 152 valence electrons. The summed E-state index contributed by atoms with van der Waals surface area (Å²) < 4.78 is 5.83. The number of amides is 1. The molecular formula is C23H24Cl2N2O2. The highest BCUT2D eigenvalue weighted by Gasteiger charge is 2.64. The van der Waals surface area contributed by atoms with Crippen LogP contribution in [0.4, 0.5) is 0 Å². The molecule has 4 nitrogen and oxygen atoms in total. The number of carbonyl (C=O) groups excluding carboxylic acids is 1.